The van der Waals surface area contributed by atoms with E-state index < -0.39 is 0 Å². The molecule has 1 fully saturated rings. The predicted octanol–water partition coefficient (Wildman–Crippen LogP) is 3.60. The van der Waals surface area contributed by atoms with Crippen LogP contribution in [0.5, 0.6) is 5.75 Å². The highest BCUT2D eigenvalue weighted by Gasteiger charge is 2.32. The highest BCUT2D eigenvalue weighted by Crippen LogP contribution is 2.22. The Morgan fingerprint density at radius 1 is 1.11 bits per heavy atom. The molecule has 0 aromatic heterocycles. The number of benzene rings is 1. The molecule has 154 valence electrons. The summed E-state index contributed by atoms with van der Waals surface area (Å²) >= 11 is 0. The number of nitrogens with zero attached hydrogens (tertiary/aromatic N) is 2. The molecular formula is C23H41N3O. The fourth-order valence-electron chi connectivity index (χ4n) is 4.28. The van der Waals surface area contributed by atoms with Crippen LogP contribution in [0.2, 0.25) is 0 Å². The molecule has 1 heterocycles. The minimum absolute atomic E-state index is 0.346. The van der Waals surface area contributed by atoms with Crippen LogP contribution in [0.4, 0.5) is 0 Å². The van der Waals surface area contributed by atoms with Gasteiger partial charge in [0.15, 0.2) is 0 Å². The lowest BCUT2D eigenvalue weighted by Crippen LogP contribution is -2.59. The standard InChI is InChI=1S/C23H41N3O/c1-18(2)7-6-12-25-13-14-26(17-23(25)19(3)4)21(16-24-5)15-20-8-10-22(27)11-9-20/h8-11,18-19,21,23-24,27H,6-7,12-17H2,1-5H3/t21-,23-/m1/s1. The number of rotatable bonds is 10. The molecule has 0 radical (unpaired) electrons. The summed E-state index contributed by atoms with van der Waals surface area (Å²) in [5, 5.41) is 12.9. The molecule has 27 heavy (non-hydrogen) atoms. The average molecular weight is 376 g/mol. The summed E-state index contributed by atoms with van der Waals surface area (Å²) in [5.74, 6) is 1.82. The van der Waals surface area contributed by atoms with E-state index in [0.29, 0.717) is 23.8 Å². The normalized spacial score (nSPS) is 20.5. The van der Waals surface area contributed by atoms with E-state index in [0.717, 1.165) is 32.0 Å². The van der Waals surface area contributed by atoms with Crippen LogP contribution in [0.25, 0.3) is 0 Å². The quantitative estimate of drug-likeness (QED) is 0.655. The monoisotopic (exact) mass is 375 g/mol. The lowest BCUT2D eigenvalue weighted by atomic mass is 9.96. The van der Waals surface area contributed by atoms with Crippen LogP contribution >= 0.6 is 0 Å². The highest BCUT2D eigenvalue weighted by molar-refractivity contribution is 5.26. The molecule has 1 aromatic carbocycles. The first-order valence-electron chi connectivity index (χ1n) is 10.8. The van der Waals surface area contributed by atoms with Crippen molar-refractivity contribution in [3.63, 3.8) is 0 Å². The van der Waals surface area contributed by atoms with Crippen molar-refractivity contribution in [2.45, 2.75) is 59.0 Å². The van der Waals surface area contributed by atoms with Crippen LogP contribution in [0.15, 0.2) is 24.3 Å². The van der Waals surface area contributed by atoms with E-state index in [-0.39, 0.29) is 0 Å². The number of aromatic hydroxyl groups is 1. The number of hydrogen-bond donors (Lipinski definition) is 2. The van der Waals surface area contributed by atoms with E-state index in [1.807, 2.05) is 7.05 Å². The molecule has 0 bridgehead atoms. The second-order valence-corrected chi connectivity index (χ2v) is 8.96. The van der Waals surface area contributed by atoms with Crippen molar-refractivity contribution in [1.82, 2.24) is 15.1 Å². The SMILES string of the molecule is CNC[C@@H](Cc1ccc(O)cc1)N1CCN(CCCC(C)C)[C@@H](C(C)C)C1. The van der Waals surface area contributed by atoms with Crippen molar-refractivity contribution < 1.29 is 5.11 Å². The van der Waals surface area contributed by atoms with Crippen LogP contribution in [-0.2, 0) is 6.42 Å². The molecule has 0 unspecified atom stereocenters. The lowest BCUT2D eigenvalue weighted by Gasteiger charge is -2.46. The maximum Gasteiger partial charge on any atom is 0.115 e. The van der Waals surface area contributed by atoms with Gasteiger partial charge in [-0.3, -0.25) is 9.80 Å². The first kappa shape index (κ1) is 22.2. The number of phenolic OH excluding ortho intramolecular Hbond substituents is 1. The molecule has 1 saturated heterocycles. The largest absolute Gasteiger partial charge is 0.508 e. The van der Waals surface area contributed by atoms with Gasteiger partial charge in [0.05, 0.1) is 0 Å². The summed E-state index contributed by atoms with van der Waals surface area (Å²) < 4.78 is 0. The van der Waals surface area contributed by atoms with Crippen LogP contribution in [0.1, 0.15) is 46.1 Å². The zero-order valence-corrected chi connectivity index (χ0v) is 18.1. The first-order valence-corrected chi connectivity index (χ1v) is 10.8. The lowest BCUT2D eigenvalue weighted by molar-refractivity contribution is 0.0262. The van der Waals surface area contributed by atoms with Crippen molar-refractivity contribution in [3.8, 4) is 5.75 Å². The zero-order chi connectivity index (χ0) is 19.8. The molecule has 1 aliphatic heterocycles. The minimum atomic E-state index is 0.346. The Morgan fingerprint density at radius 3 is 2.41 bits per heavy atom. The molecule has 0 spiro atoms. The molecule has 0 aliphatic carbocycles. The maximum absolute atomic E-state index is 9.54. The molecule has 4 heteroatoms. The predicted molar refractivity (Wildman–Crippen MR) is 115 cm³/mol. The molecular weight excluding hydrogens is 334 g/mol. The Bertz CT molecular complexity index is 529. The van der Waals surface area contributed by atoms with E-state index in [4.69, 9.17) is 0 Å². The number of nitrogens with one attached hydrogen (secondary N) is 1. The molecule has 0 amide bonds. The third-order valence-electron chi connectivity index (χ3n) is 5.93. The van der Waals surface area contributed by atoms with Gasteiger partial charge in [-0.15, -0.1) is 0 Å². The second-order valence-electron chi connectivity index (χ2n) is 8.96. The van der Waals surface area contributed by atoms with Crippen LogP contribution in [-0.4, -0.2) is 66.8 Å². The Morgan fingerprint density at radius 2 is 1.81 bits per heavy atom. The van der Waals surface area contributed by atoms with Crippen molar-refractivity contribution in [2.75, 3.05) is 39.8 Å². The van der Waals surface area contributed by atoms with Gasteiger partial charge in [0, 0.05) is 38.3 Å². The smallest absolute Gasteiger partial charge is 0.115 e. The number of likely N-dealkylation sites (N-methyl/N-ethyl adjacent to an activating group) is 1. The minimum Gasteiger partial charge on any atom is -0.508 e. The van der Waals surface area contributed by atoms with Crippen molar-refractivity contribution in [2.24, 2.45) is 11.8 Å². The van der Waals surface area contributed by atoms with Gasteiger partial charge in [0.1, 0.15) is 5.75 Å². The fourth-order valence-corrected chi connectivity index (χ4v) is 4.28. The Kier molecular flexibility index (Phi) is 9.07. The Balaban J connectivity index is 1.99. The summed E-state index contributed by atoms with van der Waals surface area (Å²) in [6.45, 7) is 15.1. The third kappa shape index (κ3) is 7.10. The van der Waals surface area contributed by atoms with Gasteiger partial charge >= 0.3 is 0 Å². The molecule has 2 rings (SSSR count). The summed E-state index contributed by atoms with van der Waals surface area (Å²) in [4.78, 5) is 5.42. The number of phenols is 1. The van der Waals surface area contributed by atoms with Gasteiger partial charge in [0.2, 0.25) is 0 Å². The summed E-state index contributed by atoms with van der Waals surface area (Å²) in [5.41, 5.74) is 1.30. The highest BCUT2D eigenvalue weighted by atomic mass is 16.3. The first-order chi connectivity index (χ1) is 12.9. The molecule has 1 aliphatic rings. The van der Waals surface area contributed by atoms with Gasteiger partial charge < -0.3 is 10.4 Å². The van der Waals surface area contributed by atoms with E-state index in [9.17, 15) is 5.11 Å². The van der Waals surface area contributed by atoms with Gasteiger partial charge in [0.25, 0.3) is 0 Å². The Labute approximate surface area is 166 Å². The Hall–Kier alpha value is -1.10. The van der Waals surface area contributed by atoms with Crippen LogP contribution in [0, 0.1) is 11.8 Å². The van der Waals surface area contributed by atoms with Gasteiger partial charge in [-0.05, 0) is 62.4 Å². The van der Waals surface area contributed by atoms with Gasteiger partial charge in [-0.25, -0.2) is 0 Å². The summed E-state index contributed by atoms with van der Waals surface area (Å²) in [7, 11) is 2.05. The molecule has 1 aromatic rings. The topological polar surface area (TPSA) is 38.7 Å². The number of piperazine rings is 1. The molecule has 2 N–H and O–H groups in total. The van der Waals surface area contributed by atoms with Crippen LogP contribution < -0.4 is 5.32 Å². The second kappa shape index (κ2) is 11.0. The zero-order valence-electron chi connectivity index (χ0n) is 18.1. The van der Waals surface area contributed by atoms with E-state index in [1.165, 1.54) is 31.5 Å². The fraction of sp³-hybridized carbons (Fsp3) is 0.739. The van der Waals surface area contributed by atoms with Crippen molar-refractivity contribution in [3.05, 3.63) is 29.8 Å². The third-order valence-corrected chi connectivity index (χ3v) is 5.93. The van der Waals surface area contributed by atoms with Gasteiger partial charge in [-0.2, -0.15) is 0 Å². The van der Waals surface area contributed by atoms with Crippen molar-refractivity contribution in [1.29, 1.82) is 0 Å². The molecule has 2 atom stereocenters. The maximum atomic E-state index is 9.54. The molecule has 0 saturated carbocycles. The average Bonchev–Trinajstić information content (AvgIpc) is 2.63. The van der Waals surface area contributed by atoms with E-state index in [2.05, 4.69) is 54.9 Å². The van der Waals surface area contributed by atoms with Crippen molar-refractivity contribution >= 4 is 0 Å². The van der Waals surface area contributed by atoms with E-state index in [1.54, 1.807) is 12.1 Å². The number of hydrogen-bond acceptors (Lipinski definition) is 4. The summed E-state index contributed by atoms with van der Waals surface area (Å²) in [6, 6.07) is 8.86. The van der Waals surface area contributed by atoms with E-state index >= 15 is 0 Å². The van der Waals surface area contributed by atoms with Gasteiger partial charge in [-0.1, -0.05) is 39.8 Å². The molecule has 4 nitrogen and oxygen atoms in total. The summed E-state index contributed by atoms with van der Waals surface area (Å²) in [6.07, 6.45) is 3.67. The van der Waals surface area contributed by atoms with Crippen LogP contribution in [0.3, 0.4) is 0 Å².